The molecule has 2 amide bonds. The Bertz CT molecular complexity index is 1530. The number of hydrogen-bond acceptors (Lipinski definition) is 9. The number of anilines is 2. The molecule has 0 saturated carbocycles. The highest BCUT2D eigenvalue weighted by molar-refractivity contribution is 7.21. The number of aromatic nitrogens is 4. The first-order chi connectivity index (χ1) is 17.0. The van der Waals surface area contributed by atoms with Gasteiger partial charge < -0.3 is 4.74 Å². The summed E-state index contributed by atoms with van der Waals surface area (Å²) in [4.78, 5) is 44.9. The lowest BCUT2D eigenvalue weighted by Gasteiger charge is -2.13. The number of ether oxygens (including phenoxy) is 1. The van der Waals surface area contributed by atoms with E-state index in [1.807, 2.05) is 6.92 Å². The van der Waals surface area contributed by atoms with Crippen molar-refractivity contribution < 1.29 is 14.3 Å². The van der Waals surface area contributed by atoms with Crippen molar-refractivity contribution in [3.05, 3.63) is 53.5 Å². The molecule has 1 aliphatic rings. The van der Waals surface area contributed by atoms with Crippen molar-refractivity contribution in [3.63, 3.8) is 0 Å². The van der Waals surface area contributed by atoms with Crippen LogP contribution in [0.4, 0.5) is 10.9 Å². The lowest BCUT2D eigenvalue weighted by molar-refractivity contribution is -0.117. The third-order valence-corrected chi connectivity index (χ3v) is 6.44. The highest BCUT2D eigenvalue weighted by atomic mass is 32.1. The Labute approximate surface area is 204 Å². The number of aryl methyl sites for hydroxylation is 1. The summed E-state index contributed by atoms with van der Waals surface area (Å²) >= 11 is 1.17. The number of hydrogen-bond donors (Lipinski definition) is 1. The van der Waals surface area contributed by atoms with Crippen LogP contribution in [0, 0.1) is 18.3 Å². The van der Waals surface area contributed by atoms with Crippen LogP contribution in [-0.4, -0.2) is 45.4 Å². The van der Waals surface area contributed by atoms with Gasteiger partial charge in [-0.1, -0.05) is 11.3 Å². The van der Waals surface area contributed by atoms with Gasteiger partial charge in [0.1, 0.15) is 5.75 Å². The Hall–Kier alpha value is -4.43. The van der Waals surface area contributed by atoms with Crippen molar-refractivity contribution in [2.75, 3.05) is 23.9 Å². The maximum absolute atomic E-state index is 13.3. The highest BCUT2D eigenvalue weighted by Gasteiger charge is 2.24. The van der Waals surface area contributed by atoms with E-state index in [-0.39, 0.29) is 5.91 Å². The molecule has 1 fully saturated rings. The lowest BCUT2D eigenvalue weighted by Crippen LogP contribution is -2.24. The highest BCUT2D eigenvalue weighted by Crippen LogP contribution is 2.34. The van der Waals surface area contributed by atoms with Crippen LogP contribution in [0.3, 0.4) is 0 Å². The number of nitrogens with zero attached hydrogens (tertiary/aromatic N) is 6. The molecule has 3 aromatic heterocycles. The smallest absolute Gasteiger partial charge is 0.259 e. The van der Waals surface area contributed by atoms with E-state index < -0.39 is 5.91 Å². The van der Waals surface area contributed by atoms with Crippen LogP contribution in [0.15, 0.2) is 36.7 Å². The van der Waals surface area contributed by atoms with E-state index in [0.29, 0.717) is 68.1 Å². The van der Waals surface area contributed by atoms with Crippen LogP contribution in [0.5, 0.6) is 5.75 Å². The fraction of sp³-hybridized carbons (Fsp3) is 0.208. The Morgan fingerprint density at radius 1 is 1.20 bits per heavy atom. The molecule has 11 heteroatoms. The van der Waals surface area contributed by atoms with E-state index in [0.717, 1.165) is 6.42 Å². The van der Waals surface area contributed by atoms with Gasteiger partial charge in [-0.15, -0.1) is 0 Å². The Morgan fingerprint density at radius 3 is 2.80 bits per heavy atom. The number of fused-ring (bicyclic) bond motifs is 1. The van der Waals surface area contributed by atoms with Crippen molar-refractivity contribution in [2.45, 2.75) is 19.8 Å². The van der Waals surface area contributed by atoms with Gasteiger partial charge in [0.2, 0.25) is 5.91 Å². The van der Waals surface area contributed by atoms with E-state index in [1.165, 1.54) is 30.8 Å². The van der Waals surface area contributed by atoms with E-state index in [9.17, 15) is 14.9 Å². The van der Waals surface area contributed by atoms with E-state index in [4.69, 9.17) is 4.74 Å². The standard InChI is InChI=1S/C24H19N7O3S/c1-13-8-15(16-9-14(10-25)5-6-18(16)34-2)17(11-26-13)22(33)30-24-29-21-23(35-24)28-19(12-27-21)31-7-3-4-20(31)32/h5-6,8-9,11-12H,3-4,7H2,1-2H3,(H,27,29,30,33). The first-order valence-electron chi connectivity index (χ1n) is 10.8. The molecule has 0 atom stereocenters. The Kier molecular flexibility index (Phi) is 5.80. The van der Waals surface area contributed by atoms with Crippen LogP contribution >= 0.6 is 11.3 Å². The molecule has 0 aliphatic carbocycles. The van der Waals surface area contributed by atoms with Gasteiger partial charge in [-0.05, 0) is 37.6 Å². The van der Waals surface area contributed by atoms with Gasteiger partial charge in [0.05, 0.1) is 30.5 Å². The van der Waals surface area contributed by atoms with E-state index in [1.54, 1.807) is 29.2 Å². The second kappa shape index (κ2) is 9.08. The van der Waals surface area contributed by atoms with Gasteiger partial charge in [0.25, 0.3) is 5.91 Å². The molecular weight excluding hydrogens is 466 g/mol. The van der Waals surface area contributed by atoms with Crippen LogP contribution < -0.4 is 15.0 Å². The van der Waals surface area contributed by atoms with Gasteiger partial charge >= 0.3 is 0 Å². The zero-order chi connectivity index (χ0) is 24.5. The molecular formula is C24H19N7O3S. The van der Waals surface area contributed by atoms with Crippen LogP contribution in [-0.2, 0) is 4.79 Å². The minimum absolute atomic E-state index is 0.0204. The fourth-order valence-electron chi connectivity index (χ4n) is 3.90. The molecule has 4 heterocycles. The summed E-state index contributed by atoms with van der Waals surface area (Å²) in [5.74, 6) is 0.606. The molecule has 1 saturated heterocycles. The summed E-state index contributed by atoms with van der Waals surface area (Å²) in [7, 11) is 1.53. The second-order valence-corrected chi connectivity index (χ2v) is 8.85. The first-order valence-corrected chi connectivity index (χ1v) is 11.6. The lowest BCUT2D eigenvalue weighted by atomic mass is 9.97. The Morgan fingerprint density at radius 2 is 2.06 bits per heavy atom. The average Bonchev–Trinajstić information content (AvgIpc) is 3.48. The zero-order valence-electron chi connectivity index (χ0n) is 18.9. The summed E-state index contributed by atoms with van der Waals surface area (Å²) in [5.41, 5.74) is 3.01. The van der Waals surface area contributed by atoms with Crippen molar-refractivity contribution >= 4 is 44.6 Å². The minimum Gasteiger partial charge on any atom is -0.496 e. The topological polar surface area (TPSA) is 134 Å². The third-order valence-electron chi connectivity index (χ3n) is 5.58. The molecule has 10 nitrogen and oxygen atoms in total. The normalized spacial score (nSPS) is 13.2. The van der Waals surface area contributed by atoms with E-state index in [2.05, 4.69) is 31.3 Å². The number of nitrogens with one attached hydrogen (secondary N) is 1. The zero-order valence-corrected chi connectivity index (χ0v) is 19.7. The monoisotopic (exact) mass is 485 g/mol. The van der Waals surface area contributed by atoms with Gasteiger partial charge in [0.15, 0.2) is 21.4 Å². The number of benzene rings is 1. The minimum atomic E-state index is -0.425. The number of carbonyl (C=O) groups is 2. The van der Waals surface area contributed by atoms with Gasteiger partial charge in [-0.25, -0.2) is 9.97 Å². The summed E-state index contributed by atoms with van der Waals surface area (Å²) in [6.07, 6.45) is 4.29. The van der Waals surface area contributed by atoms with Gasteiger partial charge in [0, 0.05) is 36.0 Å². The Balaban J connectivity index is 1.48. The van der Waals surface area contributed by atoms with Crippen molar-refractivity contribution in [2.24, 2.45) is 0 Å². The number of rotatable bonds is 5. The predicted molar refractivity (Wildman–Crippen MR) is 130 cm³/mol. The van der Waals surface area contributed by atoms with Crippen LogP contribution in [0.2, 0.25) is 0 Å². The quantitative estimate of drug-likeness (QED) is 0.452. The van der Waals surface area contributed by atoms with Crippen LogP contribution in [0.1, 0.15) is 34.5 Å². The maximum atomic E-state index is 13.3. The van der Waals surface area contributed by atoms with Crippen LogP contribution in [0.25, 0.3) is 21.6 Å². The molecule has 1 aromatic carbocycles. The summed E-state index contributed by atoms with van der Waals surface area (Å²) in [6, 6.07) is 8.91. The number of pyridine rings is 1. The molecule has 0 spiro atoms. The van der Waals surface area contributed by atoms with Gasteiger partial charge in [-0.3, -0.25) is 24.8 Å². The molecule has 1 N–H and O–H groups in total. The second-order valence-electron chi connectivity index (χ2n) is 7.88. The molecule has 35 heavy (non-hydrogen) atoms. The summed E-state index contributed by atoms with van der Waals surface area (Å²) in [5, 5.41) is 12.5. The average molecular weight is 486 g/mol. The molecule has 0 radical (unpaired) electrons. The summed E-state index contributed by atoms with van der Waals surface area (Å²) in [6.45, 7) is 2.43. The van der Waals surface area contributed by atoms with Crippen molar-refractivity contribution in [1.29, 1.82) is 5.26 Å². The molecule has 5 rings (SSSR count). The number of nitriles is 1. The molecule has 0 unspecified atom stereocenters. The molecule has 0 bridgehead atoms. The summed E-state index contributed by atoms with van der Waals surface area (Å²) < 4.78 is 5.48. The fourth-order valence-corrected chi connectivity index (χ4v) is 4.69. The largest absolute Gasteiger partial charge is 0.496 e. The van der Waals surface area contributed by atoms with Gasteiger partial charge in [-0.2, -0.15) is 10.2 Å². The number of thiazole rings is 1. The van der Waals surface area contributed by atoms with Crippen molar-refractivity contribution in [1.82, 2.24) is 19.9 Å². The molecule has 174 valence electrons. The predicted octanol–water partition coefficient (Wildman–Crippen LogP) is 3.72. The maximum Gasteiger partial charge on any atom is 0.259 e. The first kappa shape index (κ1) is 22.4. The molecule has 4 aromatic rings. The van der Waals surface area contributed by atoms with E-state index >= 15 is 0 Å². The molecule has 1 aliphatic heterocycles. The SMILES string of the molecule is COc1ccc(C#N)cc1-c1cc(C)ncc1C(=O)Nc1nc2ncc(N3CCCC3=O)nc2s1. The number of carbonyl (C=O) groups excluding carboxylic acids is 2. The van der Waals surface area contributed by atoms with Crippen molar-refractivity contribution in [3.8, 4) is 22.9 Å². The number of amides is 2. The third kappa shape index (κ3) is 4.27. The number of methoxy groups -OCH3 is 1.